The third kappa shape index (κ3) is 3.09. The van der Waals surface area contributed by atoms with Crippen LogP contribution in [0.4, 0.5) is 0 Å². The minimum absolute atomic E-state index is 0. The Balaban J connectivity index is 0. The van der Waals surface area contributed by atoms with Gasteiger partial charge in [-0.2, -0.15) is 0 Å². The molecule has 0 radical (unpaired) electrons. The quantitative estimate of drug-likeness (QED) is 0.289. The van der Waals surface area contributed by atoms with E-state index in [4.69, 9.17) is 0 Å². The van der Waals surface area contributed by atoms with Gasteiger partial charge in [0.15, 0.2) is 0 Å². The van der Waals surface area contributed by atoms with E-state index in [1.807, 2.05) is 0 Å². The van der Waals surface area contributed by atoms with E-state index in [1.165, 1.54) is 0 Å². The molecule has 2 nitrogen and oxygen atoms in total. The molecule has 0 N–H and O–H groups in total. The van der Waals surface area contributed by atoms with Gasteiger partial charge in [0.2, 0.25) is 0 Å². The van der Waals surface area contributed by atoms with Crippen molar-refractivity contribution in [2.45, 2.75) is 18.9 Å². The molecule has 0 aromatic carbocycles. The maximum Gasteiger partial charge on any atom is 1.00 e. The molecule has 1 aliphatic carbocycles. The first-order valence-electron chi connectivity index (χ1n) is 2.02. The van der Waals surface area contributed by atoms with Crippen LogP contribution >= 0.6 is 0 Å². The molecule has 0 saturated heterocycles. The Morgan fingerprint density at radius 3 is 2.43 bits per heavy atom. The fraction of sp³-hybridized carbons (Fsp3) is 0.750. The topological polar surface area (TPSA) is 26.3 Å². The molecule has 1 saturated carbocycles. The molecule has 1 fully saturated rings. The van der Waals surface area contributed by atoms with Crippen LogP contribution in [0, 0.1) is 0 Å². The van der Waals surface area contributed by atoms with E-state index >= 15 is 0 Å². The average Bonchev–Trinajstić information content (AvgIpc) is 2.21. The molecule has 0 atom stereocenters. The van der Waals surface area contributed by atoms with Crippen LogP contribution in [0.15, 0.2) is 0 Å². The first kappa shape index (κ1) is 7.47. The van der Waals surface area contributed by atoms with Crippen molar-refractivity contribution in [3.63, 3.8) is 0 Å². The number of hydrogen-bond acceptors (Lipinski definition) is 2. The SMILES string of the molecule is O=COC1CC1.[H-].[Na+]. The monoisotopic (exact) mass is 110 g/mol. The maximum atomic E-state index is 9.43. The number of carbonyl (C=O) groups excluding carboxylic acids is 1. The van der Waals surface area contributed by atoms with Crippen molar-refractivity contribution in [2.24, 2.45) is 0 Å². The van der Waals surface area contributed by atoms with Crippen LogP contribution in [0.5, 0.6) is 0 Å². The summed E-state index contributed by atoms with van der Waals surface area (Å²) in [6.07, 6.45) is 2.42. The van der Waals surface area contributed by atoms with Gasteiger partial charge in [0.1, 0.15) is 6.10 Å². The second-order valence-electron chi connectivity index (χ2n) is 1.43. The molecule has 0 aromatic rings. The average molecular weight is 110 g/mol. The van der Waals surface area contributed by atoms with Gasteiger partial charge in [-0.05, 0) is 12.8 Å². The molecule has 0 unspecified atom stereocenters. The predicted octanol–water partition coefficient (Wildman–Crippen LogP) is -2.56. The van der Waals surface area contributed by atoms with Crippen LogP contribution in [-0.4, -0.2) is 12.6 Å². The number of carbonyl (C=O) groups is 1. The Hall–Kier alpha value is 0.470. The molecule has 0 spiro atoms. The molecule has 0 heterocycles. The molecule has 7 heavy (non-hydrogen) atoms. The summed E-state index contributed by atoms with van der Waals surface area (Å²) in [5.41, 5.74) is 0. The Bertz CT molecular complexity index is 65.1. The Morgan fingerprint density at radius 2 is 2.29 bits per heavy atom. The predicted molar refractivity (Wildman–Crippen MR) is 21.3 cm³/mol. The van der Waals surface area contributed by atoms with Gasteiger partial charge in [0.25, 0.3) is 6.47 Å². The van der Waals surface area contributed by atoms with Crippen molar-refractivity contribution in [3.8, 4) is 0 Å². The molecular weight excluding hydrogens is 103 g/mol. The van der Waals surface area contributed by atoms with Gasteiger partial charge in [-0.1, -0.05) is 0 Å². The third-order valence-corrected chi connectivity index (χ3v) is 0.772. The van der Waals surface area contributed by atoms with Crippen LogP contribution in [0.25, 0.3) is 0 Å². The minimum atomic E-state index is 0. The van der Waals surface area contributed by atoms with E-state index in [0.29, 0.717) is 6.47 Å². The molecule has 36 valence electrons. The Labute approximate surface area is 66.0 Å². The van der Waals surface area contributed by atoms with Gasteiger partial charge in [-0.3, -0.25) is 4.79 Å². The zero-order valence-electron chi connectivity index (χ0n) is 5.39. The van der Waals surface area contributed by atoms with Crippen LogP contribution < -0.4 is 29.6 Å². The van der Waals surface area contributed by atoms with Crippen molar-refractivity contribution < 1.29 is 40.5 Å². The standard InChI is InChI=1S/C4H6O2.Na.H/c5-3-6-4-1-2-4;;/h3-4H,1-2H2;;/q;+1;-1. The van der Waals surface area contributed by atoms with Crippen molar-refractivity contribution in [1.82, 2.24) is 0 Å². The first-order chi connectivity index (χ1) is 2.93. The van der Waals surface area contributed by atoms with Gasteiger partial charge in [0, 0.05) is 0 Å². The van der Waals surface area contributed by atoms with E-state index in [-0.39, 0.29) is 37.1 Å². The maximum absolute atomic E-state index is 9.43. The number of rotatable bonds is 2. The summed E-state index contributed by atoms with van der Waals surface area (Å²) in [7, 11) is 0. The molecule has 1 rings (SSSR count). The van der Waals surface area contributed by atoms with Crippen LogP contribution in [0.1, 0.15) is 14.3 Å². The second kappa shape index (κ2) is 3.47. The molecule has 0 aliphatic heterocycles. The fourth-order valence-electron chi connectivity index (χ4n) is 0.283. The summed E-state index contributed by atoms with van der Waals surface area (Å²) < 4.78 is 4.47. The molecule has 0 bridgehead atoms. The summed E-state index contributed by atoms with van der Waals surface area (Å²) in [6, 6.07) is 0. The second-order valence-corrected chi connectivity index (χ2v) is 1.43. The van der Waals surface area contributed by atoms with Crippen molar-refractivity contribution in [3.05, 3.63) is 0 Å². The molecule has 0 aromatic heterocycles. The fourth-order valence-corrected chi connectivity index (χ4v) is 0.283. The zero-order chi connectivity index (χ0) is 4.41. The van der Waals surface area contributed by atoms with E-state index < -0.39 is 0 Å². The van der Waals surface area contributed by atoms with E-state index in [2.05, 4.69) is 4.74 Å². The van der Waals surface area contributed by atoms with Crippen molar-refractivity contribution in [2.75, 3.05) is 0 Å². The summed E-state index contributed by atoms with van der Waals surface area (Å²) >= 11 is 0. The zero-order valence-corrected chi connectivity index (χ0v) is 6.39. The summed E-state index contributed by atoms with van der Waals surface area (Å²) in [5.74, 6) is 0. The van der Waals surface area contributed by atoms with Gasteiger partial charge in [-0.15, -0.1) is 0 Å². The minimum Gasteiger partial charge on any atom is -1.00 e. The van der Waals surface area contributed by atoms with Crippen molar-refractivity contribution in [1.29, 1.82) is 0 Å². The number of hydrogen-bond donors (Lipinski definition) is 0. The van der Waals surface area contributed by atoms with Crippen LogP contribution in [-0.2, 0) is 9.53 Å². The van der Waals surface area contributed by atoms with E-state index in [1.54, 1.807) is 0 Å². The Morgan fingerprint density at radius 1 is 1.71 bits per heavy atom. The molecule has 0 amide bonds. The largest absolute Gasteiger partial charge is 1.00 e. The molecule has 3 heteroatoms. The van der Waals surface area contributed by atoms with Gasteiger partial charge in [-0.25, -0.2) is 0 Å². The third-order valence-electron chi connectivity index (χ3n) is 0.772. The van der Waals surface area contributed by atoms with Crippen LogP contribution in [0.3, 0.4) is 0 Å². The summed E-state index contributed by atoms with van der Waals surface area (Å²) in [4.78, 5) is 9.43. The molecular formula is C4H7NaO2. The summed E-state index contributed by atoms with van der Waals surface area (Å²) in [6.45, 7) is 0.512. The van der Waals surface area contributed by atoms with E-state index in [9.17, 15) is 4.79 Å². The first-order valence-corrected chi connectivity index (χ1v) is 2.02. The Kier molecular flexibility index (Phi) is 3.70. The van der Waals surface area contributed by atoms with Crippen LogP contribution in [0.2, 0.25) is 0 Å². The van der Waals surface area contributed by atoms with Gasteiger partial charge >= 0.3 is 29.6 Å². The summed E-state index contributed by atoms with van der Waals surface area (Å²) in [5, 5.41) is 0. The normalized spacial score (nSPS) is 17.1. The van der Waals surface area contributed by atoms with Gasteiger partial charge < -0.3 is 6.16 Å². The smallest absolute Gasteiger partial charge is 1.00 e. The molecule has 1 aliphatic rings. The van der Waals surface area contributed by atoms with Crippen molar-refractivity contribution >= 4 is 6.47 Å². The number of ether oxygens (including phenoxy) is 1. The van der Waals surface area contributed by atoms with Gasteiger partial charge in [0.05, 0.1) is 0 Å². The van der Waals surface area contributed by atoms with E-state index in [0.717, 1.165) is 12.8 Å².